The highest BCUT2D eigenvalue weighted by molar-refractivity contribution is 5.45. The van der Waals surface area contributed by atoms with Gasteiger partial charge in [0.2, 0.25) is 0 Å². The van der Waals surface area contributed by atoms with E-state index in [0.717, 1.165) is 19.4 Å². The van der Waals surface area contributed by atoms with E-state index in [1.165, 1.54) is 22.3 Å². The van der Waals surface area contributed by atoms with Gasteiger partial charge in [-0.25, -0.2) is 0 Å². The highest BCUT2D eigenvalue weighted by atomic mass is 15.3. The second-order valence-corrected chi connectivity index (χ2v) is 6.63. The van der Waals surface area contributed by atoms with Crippen molar-refractivity contribution in [3.05, 3.63) is 70.8 Å². The van der Waals surface area contributed by atoms with Crippen molar-refractivity contribution in [1.82, 2.24) is 10.2 Å². The Morgan fingerprint density at radius 1 is 0.909 bits per heavy atom. The van der Waals surface area contributed by atoms with Gasteiger partial charge in [-0.3, -0.25) is 4.90 Å². The van der Waals surface area contributed by atoms with Crippen LogP contribution >= 0.6 is 0 Å². The molecule has 0 amide bonds. The van der Waals surface area contributed by atoms with E-state index < -0.39 is 0 Å². The first-order valence-electron chi connectivity index (χ1n) is 8.38. The SMILES string of the molecule is CN[C@H]1CN(C2c3ccccc3CCc3ccccc32)[C@H]1C. The molecular formula is C20H24N2. The van der Waals surface area contributed by atoms with E-state index in [2.05, 4.69) is 72.7 Å². The van der Waals surface area contributed by atoms with Gasteiger partial charge in [-0.2, -0.15) is 0 Å². The van der Waals surface area contributed by atoms with E-state index in [9.17, 15) is 0 Å². The average Bonchev–Trinajstić information content (AvgIpc) is 2.72. The summed E-state index contributed by atoms with van der Waals surface area (Å²) in [5, 5.41) is 3.44. The third-order valence-electron chi connectivity index (χ3n) is 5.58. The molecule has 0 spiro atoms. The van der Waals surface area contributed by atoms with Gasteiger partial charge in [-0.1, -0.05) is 48.5 Å². The number of rotatable bonds is 2. The summed E-state index contributed by atoms with van der Waals surface area (Å²) in [6.07, 6.45) is 2.31. The third-order valence-corrected chi connectivity index (χ3v) is 5.58. The molecule has 2 aromatic carbocycles. The molecule has 0 aromatic heterocycles. The van der Waals surface area contributed by atoms with Crippen LogP contribution in [0, 0.1) is 0 Å². The smallest absolute Gasteiger partial charge is 0.0610 e. The summed E-state index contributed by atoms with van der Waals surface area (Å²) in [6, 6.07) is 19.7. The van der Waals surface area contributed by atoms with Crippen LogP contribution in [0.25, 0.3) is 0 Å². The summed E-state index contributed by atoms with van der Waals surface area (Å²) in [4.78, 5) is 2.66. The number of hydrogen-bond acceptors (Lipinski definition) is 2. The first-order valence-corrected chi connectivity index (χ1v) is 8.38. The molecule has 2 nitrogen and oxygen atoms in total. The minimum atomic E-state index is 0.412. The number of hydrogen-bond donors (Lipinski definition) is 1. The second kappa shape index (κ2) is 5.53. The zero-order valence-electron chi connectivity index (χ0n) is 13.4. The van der Waals surface area contributed by atoms with Crippen molar-refractivity contribution in [2.75, 3.05) is 13.6 Å². The molecular weight excluding hydrogens is 268 g/mol. The maximum atomic E-state index is 3.44. The van der Waals surface area contributed by atoms with Crippen molar-refractivity contribution in [3.63, 3.8) is 0 Å². The molecule has 0 saturated carbocycles. The Labute approximate surface area is 133 Å². The van der Waals surface area contributed by atoms with Crippen LogP contribution in [0.3, 0.4) is 0 Å². The van der Waals surface area contributed by atoms with Crippen LogP contribution < -0.4 is 5.32 Å². The van der Waals surface area contributed by atoms with E-state index in [-0.39, 0.29) is 0 Å². The molecule has 1 aliphatic heterocycles. The molecule has 4 rings (SSSR count). The van der Waals surface area contributed by atoms with Gasteiger partial charge < -0.3 is 5.32 Å². The summed E-state index contributed by atoms with van der Waals surface area (Å²) in [6.45, 7) is 3.48. The van der Waals surface area contributed by atoms with Crippen molar-refractivity contribution in [3.8, 4) is 0 Å². The molecule has 1 N–H and O–H groups in total. The summed E-state index contributed by atoms with van der Waals surface area (Å²) < 4.78 is 0. The Kier molecular flexibility index (Phi) is 3.51. The lowest BCUT2D eigenvalue weighted by Gasteiger charge is -2.51. The Morgan fingerprint density at radius 3 is 1.95 bits per heavy atom. The van der Waals surface area contributed by atoms with Crippen molar-refractivity contribution >= 4 is 0 Å². The lowest BCUT2D eigenvalue weighted by atomic mass is 9.86. The zero-order valence-corrected chi connectivity index (χ0v) is 13.4. The van der Waals surface area contributed by atoms with Crippen LogP contribution in [0.1, 0.15) is 35.2 Å². The predicted octanol–water partition coefficient (Wildman–Crippen LogP) is 3.17. The summed E-state index contributed by atoms with van der Waals surface area (Å²) in [5.41, 5.74) is 6.05. The van der Waals surface area contributed by atoms with E-state index in [1.54, 1.807) is 0 Å². The minimum Gasteiger partial charge on any atom is -0.314 e. The maximum absolute atomic E-state index is 3.44. The van der Waals surface area contributed by atoms with Crippen LogP contribution in [-0.2, 0) is 12.8 Å². The number of benzene rings is 2. The molecule has 2 atom stereocenters. The zero-order chi connectivity index (χ0) is 15.1. The summed E-state index contributed by atoms with van der Waals surface area (Å²) in [5.74, 6) is 0. The van der Waals surface area contributed by atoms with Crippen molar-refractivity contribution in [2.45, 2.75) is 37.9 Å². The Bertz CT molecular complexity index is 631. The molecule has 0 unspecified atom stereocenters. The van der Waals surface area contributed by atoms with E-state index in [0.29, 0.717) is 18.1 Å². The topological polar surface area (TPSA) is 15.3 Å². The number of aryl methyl sites for hydroxylation is 2. The lowest BCUT2D eigenvalue weighted by Crippen LogP contribution is -2.64. The van der Waals surface area contributed by atoms with Gasteiger partial charge in [-0.15, -0.1) is 0 Å². The fourth-order valence-electron chi connectivity index (χ4n) is 4.16. The quantitative estimate of drug-likeness (QED) is 0.914. The van der Waals surface area contributed by atoms with Gasteiger partial charge >= 0.3 is 0 Å². The molecule has 1 saturated heterocycles. The second-order valence-electron chi connectivity index (χ2n) is 6.63. The normalized spacial score (nSPS) is 25.0. The van der Waals surface area contributed by atoms with Crippen LogP contribution in [0.4, 0.5) is 0 Å². The molecule has 2 aliphatic rings. The first kappa shape index (κ1) is 14.0. The molecule has 0 bridgehead atoms. The number of likely N-dealkylation sites (tertiary alicyclic amines) is 1. The molecule has 2 aromatic rings. The standard InChI is InChI=1S/C20H24N2/c1-14-19(21-2)13-22(14)20-17-9-5-3-7-15(17)11-12-16-8-4-6-10-18(16)20/h3-10,14,19-21H,11-13H2,1-2H3/t14-,19-/m0/s1. The molecule has 1 heterocycles. The highest BCUT2D eigenvalue weighted by Crippen LogP contribution is 2.40. The highest BCUT2D eigenvalue weighted by Gasteiger charge is 2.41. The summed E-state index contributed by atoms with van der Waals surface area (Å²) in [7, 11) is 2.08. The van der Waals surface area contributed by atoms with E-state index >= 15 is 0 Å². The number of nitrogens with zero attached hydrogens (tertiary/aromatic N) is 1. The Hall–Kier alpha value is -1.64. The largest absolute Gasteiger partial charge is 0.314 e. The van der Waals surface area contributed by atoms with E-state index in [4.69, 9.17) is 0 Å². The third kappa shape index (κ3) is 2.10. The number of likely N-dealkylation sites (N-methyl/N-ethyl adjacent to an activating group) is 1. The molecule has 114 valence electrons. The van der Waals surface area contributed by atoms with Crippen molar-refractivity contribution in [1.29, 1.82) is 0 Å². The van der Waals surface area contributed by atoms with Gasteiger partial charge in [0, 0.05) is 18.6 Å². The van der Waals surface area contributed by atoms with Gasteiger partial charge in [0.05, 0.1) is 6.04 Å². The fourth-order valence-corrected chi connectivity index (χ4v) is 4.16. The van der Waals surface area contributed by atoms with Crippen molar-refractivity contribution < 1.29 is 0 Å². The first-order chi connectivity index (χ1) is 10.8. The number of fused-ring (bicyclic) bond motifs is 2. The molecule has 2 heteroatoms. The Morgan fingerprint density at radius 2 is 1.45 bits per heavy atom. The van der Waals surface area contributed by atoms with E-state index in [1.807, 2.05) is 0 Å². The fraction of sp³-hybridized carbons (Fsp3) is 0.400. The molecule has 22 heavy (non-hydrogen) atoms. The van der Waals surface area contributed by atoms with Gasteiger partial charge in [0.25, 0.3) is 0 Å². The lowest BCUT2D eigenvalue weighted by molar-refractivity contribution is 0.0298. The Balaban J connectivity index is 1.82. The average molecular weight is 292 g/mol. The van der Waals surface area contributed by atoms with Crippen molar-refractivity contribution in [2.24, 2.45) is 0 Å². The van der Waals surface area contributed by atoms with Gasteiger partial charge in [-0.05, 0) is 49.1 Å². The van der Waals surface area contributed by atoms with Gasteiger partial charge in [0.15, 0.2) is 0 Å². The molecule has 1 fully saturated rings. The van der Waals surface area contributed by atoms with Crippen LogP contribution in [0.5, 0.6) is 0 Å². The van der Waals surface area contributed by atoms with Crippen LogP contribution in [0.2, 0.25) is 0 Å². The van der Waals surface area contributed by atoms with Gasteiger partial charge in [0.1, 0.15) is 0 Å². The maximum Gasteiger partial charge on any atom is 0.0610 e. The van der Waals surface area contributed by atoms with Crippen LogP contribution in [-0.4, -0.2) is 30.6 Å². The van der Waals surface area contributed by atoms with Crippen LogP contribution in [0.15, 0.2) is 48.5 Å². The molecule has 1 aliphatic carbocycles. The molecule has 0 radical (unpaired) electrons. The summed E-state index contributed by atoms with van der Waals surface area (Å²) >= 11 is 0. The minimum absolute atomic E-state index is 0.412. The number of nitrogens with one attached hydrogen (secondary N) is 1. The predicted molar refractivity (Wildman–Crippen MR) is 91.2 cm³/mol. The monoisotopic (exact) mass is 292 g/mol.